The molecule has 0 spiro atoms. The topological polar surface area (TPSA) is 50.4 Å². The molecule has 0 saturated heterocycles. The molecule has 2 rings (SSSR count). The van der Waals surface area contributed by atoms with Gasteiger partial charge in [0.25, 0.3) is 0 Å². The van der Waals surface area contributed by atoms with Crippen LogP contribution in [0.3, 0.4) is 0 Å². The van der Waals surface area contributed by atoms with Crippen LogP contribution < -0.4 is 15.4 Å². The minimum atomic E-state index is -0.365. The van der Waals surface area contributed by atoms with Gasteiger partial charge in [0, 0.05) is 5.69 Å². The third kappa shape index (κ3) is 4.51. The van der Waals surface area contributed by atoms with Gasteiger partial charge in [-0.3, -0.25) is 4.79 Å². The number of anilines is 2. The van der Waals surface area contributed by atoms with Gasteiger partial charge in [-0.25, -0.2) is 0 Å². The summed E-state index contributed by atoms with van der Waals surface area (Å²) in [5.41, 5.74) is 2.97. The second kappa shape index (κ2) is 7.39. The Morgan fingerprint density at radius 2 is 1.67 bits per heavy atom. The highest BCUT2D eigenvalue weighted by Crippen LogP contribution is 2.25. The SMILES string of the molecule is COc1ccccc1NC(=O)C(C)Nc1ccc(C(C)(C)C)cc1. The van der Waals surface area contributed by atoms with Crippen molar-refractivity contribution in [3.63, 3.8) is 0 Å². The first-order chi connectivity index (χ1) is 11.3. The van der Waals surface area contributed by atoms with Gasteiger partial charge >= 0.3 is 0 Å². The van der Waals surface area contributed by atoms with Crippen molar-refractivity contribution in [1.29, 1.82) is 0 Å². The summed E-state index contributed by atoms with van der Waals surface area (Å²) in [6.45, 7) is 8.37. The highest BCUT2D eigenvalue weighted by atomic mass is 16.5. The van der Waals surface area contributed by atoms with Crippen molar-refractivity contribution in [1.82, 2.24) is 0 Å². The van der Waals surface area contributed by atoms with Gasteiger partial charge < -0.3 is 15.4 Å². The van der Waals surface area contributed by atoms with Gasteiger partial charge in [-0.1, -0.05) is 45.0 Å². The Labute approximate surface area is 144 Å². The van der Waals surface area contributed by atoms with Crippen molar-refractivity contribution < 1.29 is 9.53 Å². The molecule has 4 nitrogen and oxygen atoms in total. The summed E-state index contributed by atoms with van der Waals surface area (Å²) in [4.78, 5) is 12.4. The smallest absolute Gasteiger partial charge is 0.246 e. The van der Waals surface area contributed by atoms with Crippen LogP contribution in [0.4, 0.5) is 11.4 Å². The molecule has 0 radical (unpaired) electrons. The van der Waals surface area contributed by atoms with E-state index < -0.39 is 0 Å². The second-order valence-electron chi connectivity index (χ2n) is 6.88. The van der Waals surface area contributed by atoms with E-state index in [9.17, 15) is 4.79 Å². The van der Waals surface area contributed by atoms with Crippen molar-refractivity contribution in [2.24, 2.45) is 0 Å². The molecule has 0 aliphatic carbocycles. The van der Waals surface area contributed by atoms with E-state index in [-0.39, 0.29) is 17.4 Å². The molecule has 0 aromatic heterocycles. The number of rotatable bonds is 5. The Kier molecular flexibility index (Phi) is 5.50. The molecule has 0 heterocycles. The van der Waals surface area contributed by atoms with Gasteiger partial charge in [-0.05, 0) is 42.2 Å². The molecule has 0 aliphatic heterocycles. The first-order valence-electron chi connectivity index (χ1n) is 8.12. The number of hydrogen-bond acceptors (Lipinski definition) is 3. The fourth-order valence-electron chi connectivity index (χ4n) is 2.37. The maximum Gasteiger partial charge on any atom is 0.246 e. The number of benzene rings is 2. The summed E-state index contributed by atoms with van der Waals surface area (Å²) >= 11 is 0. The lowest BCUT2D eigenvalue weighted by Crippen LogP contribution is -2.32. The number of carbonyl (C=O) groups excluding carboxylic acids is 1. The number of para-hydroxylation sites is 2. The first kappa shape index (κ1) is 17.9. The lowest BCUT2D eigenvalue weighted by molar-refractivity contribution is -0.116. The molecule has 0 fully saturated rings. The van der Waals surface area contributed by atoms with E-state index in [2.05, 4.69) is 43.5 Å². The number of hydrogen-bond donors (Lipinski definition) is 2. The molecular formula is C20H26N2O2. The zero-order chi connectivity index (χ0) is 17.7. The van der Waals surface area contributed by atoms with Gasteiger partial charge in [0.15, 0.2) is 0 Å². The molecular weight excluding hydrogens is 300 g/mol. The minimum absolute atomic E-state index is 0.112. The van der Waals surface area contributed by atoms with Gasteiger partial charge in [0.05, 0.1) is 12.8 Å². The van der Waals surface area contributed by atoms with Crippen LogP contribution in [-0.4, -0.2) is 19.1 Å². The minimum Gasteiger partial charge on any atom is -0.495 e. The van der Waals surface area contributed by atoms with Gasteiger partial charge in [-0.2, -0.15) is 0 Å². The van der Waals surface area contributed by atoms with Crippen LogP contribution in [0, 0.1) is 0 Å². The van der Waals surface area contributed by atoms with Crippen LogP contribution in [0.1, 0.15) is 33.3 Å². The van der Waals surface area contributed by atoms with Crippen LogP contribution >= 0.6 is 0 Å². The predicted molar refractivity (Wildman–Crippen MR) is 99.9 cm³/mol. The van der Waals surface area contributed by atoms with Gasteiger partial charge in [-0.15, -0.1) is 0 Å². The van der Waals surface area contributed by atoms with Crippen molar-refractivity contribution in [3.8, 4) is 5.75 Å². The molecule has 0 bridgehead atoms. The van der Waals surface area contributed by atoms with E-state index in [0.29, 0.717) is 11.4 Å². The Balaban J connectivity index is 2.01. The lowest BCUT2D eigenvalue weighted by atomic mass is 9.87. The van der Waals surface area contributed by atoms with Crippen molar-refractivity contribution in [2.45, 2.75) is 39.2 Å². The maximum atomic E-state index is 12.4. The third-order valence-electron chi connectivity index (χ3n) is 3.89. The summed E-state index contributed by atoms with van der Waals surface area (Å²) < 4.78 is 5.25. The normalized spacial score (nSPS) is 12.4. The fourth-order valence-corrected chi connectivity index (χ4v) is 2.37. The first-order valence-corrected chi connectivity index (χ1v) is 8.12. The van der Waals surface area contributed by atoms with E-state index in [0.717, 1.165) is 5.69 Å². The monoisotopic (exact) mass is 326 g/mol. The molecule has 1 atom stereocenters. The van der Waals surface area contributed by atoms with E-state index in [1.165, 1.54) is 5.56 Å². The molecule has 0 saturated carbocycles. The molecule has 128 valence electrons. The van der Waals surface area contributed by atoms with Crippen molar-refractivity contribution in [3.05, 3.63) is 54.1 Å². The van der Waals surface area contributed by atoms with E-state index in [1.807, 2.05) is 43.3 Å². The molecule has 2 aromatic carbocycles. The molecule has 2 aromatic rings. The van der Waals surface area contributed by atoms with E-state index in [1.54, 1.807) is 7.11 Å². The fraction of sp³-hybridized carbons (Fsp3) is 0.350. The third-order valence-corrected chi connectivity index (χ3v) is 3.89. The van der Waals surface area contributed by atoms with Gasteiger partial charge in [0.2, 0.25) is 5.91 Å². The molecule has 0 aliphatic rings. The van der Waals surface area contributed by atoms with Crippen molar-refractivity contribution in [2.75, 3.05) is 17.7 Å². The van der Waals surface area contributed by atoms with Crippen LogP contribution in [0.5, 0.6) is 5.75 Å². The number of nitrogens with one attached hydrogen (secondary N) is 2. The number of carbonyl (C=O) groups is 1. The predicted octanol–water partition coefficient (Wildman–Crippen LogP) is 4.43. The Morgan fingerprint density at radius 1 is 1.04 bits per heavy atom. The standard InChI is InChI=1S/C20H26N2O2/c1-14(19(23)22-17-8-6-7-9-18(17)24-5)21-16-12-10-15(11-13-16)20(2,3)4/h6-14,21H,1-5H3,(H,22,23). The zero-order valence-corrected chi connectivity index (χ0v) is 15.0. The van der Waals surface area contributed by atoms with Crippen LogP contribution in [0.2, 0.25) is 0 Å². The largest absolute Gasteiger partial charge is 0.495 e. The molecule has 4 heteroatoms. The Morgan fingerprint density at radius 3 is 2.25 bits per heavy atom. The van der Waals surface area contributed by atoms with Gasteiger partial charge in [0.1, 0.15) is 11.8 Å². The summed E-state index contributed by atoms with van der Waals surface area (Å²) in [5.74, 6) is 0.534. The van der Waals surface area contributed by atoms with Crippen molar-refractivity contribution >= 4 is 17.3 Å². The van der Waals surface area contributed by atoms with Crippen LogP contribution in [0.15, 0.2) is 48.5 Å². The average molecular weight is 326 g/mol. The average Bonchev–Trinajstić information content (AvgIpc) is 2.55. The summed E-state index contributed by atoms with van der Waals surface area (Å²) in [6.07, 6.45) is 0. The van der Waals surface area contributed by atoms with E-state index >= 15 is 0 Å². The highest BCUT2D eigenvalue weighted by molar-refractivity contribution is 5.97. The van der Waals surface area contributed by atoms with E-state index in [4.69, 9.17) is 4.74 Å². The molecule has 1 unspecified atom stereocenters. The number of amides is 1. The maximum absolute atomic E-state index is 12.4. The Hall–Kier alpha value is -2.49. The number of ether oxygens (including phenoxy) is 1. The summed E-state index contributed by atoms with van der Waals surface area (Å²) in [7, 11) is 1.59. The Bertz CT molecular complexity index is 688. The van der Waals surface area contributed by atoms with Crippen LogP contribution in [-0.2, 0) is 10.2 Å². The molecule has 1 amide bonds. The van der Waals surface area contributed by atoms with Crippen LogP contribution in [0.25, 0.3) is 0 Å². The summed E-state index contributed by atoms with van der Waals surface area (Å²) in [5, 5.41) is 6.12. The highest BCUT2D eigenvalue weighted by Gasteiger charge is 2.16. The number of methoxy groups -OCH3 is 1. The zero-order valence-electron chi connectivity index (χ0n) is 15.0. The second-order valence-corrected chi connectivity index (χ2v) is 6.88. The quantitative estimate of drug-likeness (QED) is 0.854. The summed E-state index contributed by atoms with van der Waals surface area (Å²) in [6, 6.07) is 15.2. The molecule has 2 N–H and O–H groups in total. The molecule has 24 heavy (non-hydrogen) atoms. The lowest BCUT2D eigenvalue weighted by Gasteiger charge is -2.20.